The maximum Gasteiger partial charge on any atom is 0.310 e. The number of carbonyl (C=O) groups is 2. The Kier molecular flexibility index (Phi) is 5.61. The summed E-state index contributed by atoms with van der Waals surface area (Å²) in [7, 11) is 0. The summed E-state index contributed by atoms with van der Waals surface area (Å²) in [4.78, 5) is 25.4. The number of rotatable bonds is 5. The van der Waals surface area contributed by atoms with Crippen LogP contribution in [0.4, 0.5) is 0 Å². The van der Waals surface area contributed by atoms with Gasteiger partial charge in [-0.1, -0.05) is 27.7 Å². The third kappa shape index (κ3) is 3.25. The van der Waals surface area contributed by atoms with Crippen molar-refractivity contribution in [2.75, 3.05) is 13.2 Å². The van der Waals surface area contributed by atoms with E-state index in [1.165, 1.54) is 6.92 Å². The predicted molar refractivity (Wildman–Crippen MR) is 123 cm³/mol. The van der Waals surface area contributed by atoms with Crippen LogP contribution in [0, 0.1) is 34.5 Å². The molecule has 0 N–H and O–H groups in total. The second-order valence-corrected chi connectivity index (χ2v) is 12.3. The first kappa shape index (κ1) is 24.1. The summed E-state index contributed by atoms with van der Waals surface area (Å²) in [5, 5.41) is 0. The molecule has 5 heterocycles. The standard InChI is InChI=1S/C27H40O8/c1-6-14(2)22(29)35-24-27-19(11-18(33-24)12-26(27)13-31-26)25(5,15(3)9-21(27)32-16(4)28)20-10-17-7-8-30-23(17)34-20/h14-15,17-21,23-24H,6-13H2,1-5H3/t14?,15-,17-,18-,19-,20+,21+,23+,24-,25+,26+,27+/m1/s1. The largest absolute Gasteiger partial charge is 0.462 e. The van der Waals surface area contributed by atoms with Gasteiger partial charge < -0.3 is 28.4 Å². The fourth-order valence-corrected chi connectivity index (χ4v) is 8.46. The number of ether oxygens (including phenoxy) is 6. The molecule has 7 fully saturated rings. The van der Waals surface area contributed by atoms with Crippen LogP contribution in [0.1, 0.15) is 73.1 Å². The van der Waals surface area contributed by atoms with Crippen molar-refractivity contribution >= 4 is 11.9 Å². The molecule has 0 aromatic heterocycles. The fourth-order valence-electron chi connectivity index (χ4n) is 8.46. The highest BCUT2D eigenvalue weighted by Gasteiger charge is 2.83. The third-order valence-electron chi connectivity index (χ3n) is 10.7. The molecule has 196 valence electrons. The molecule has 0 amide bonds. The van der Waals surface area contributed by atoms with Gasteiger partial charge in [-0.25, -0.2) is 0 Å². The first-order valence-corrected chi connectivity index (χ1v) is 13.6. The molecule has 2 saturated carbocycles. The van der Waals surface area contributed by atoms with Gasteiger partial charge in [0.2, 0.25) is 6.29 Å². The molecular formula is C27H40O8. The average molecular weight is 493 g/mol. The summed E-state index contributed by atoms with van der Waals surface area (Å²) in [6, 6.07) is 0. The molecule has 7 aliphatic rings. The summed E-state index contributed by atoms with van der Waals surface area (Å²) in [5.74, 6) is -0.122. The Balaban J connectivity index is 1.44. The van der Waals surface area contributed by atoms with Crippen LogP contribution in [-0.2, 0) is 38.0 Å². The summed E-state index contributed by atoms with van der Waals surface area (Å²) in [6.07, 6.45) is 3.45. The normalized spacial score (nSPS) is 52.6. The second-order valence-electron chi connectivity index (χ2n) is 12.3. The van der Waals surface area contributed by atoms with Gasteiger partial charge in [0.15, 0.2) is 6.29 Å². The van der Waals surface area contributed by atoms with Gasteiger partial charge in [-0.2, -0.15) is 0 Å². The van der Waals surface area contributed by atoms with E-state index in [1.54, 1.807) is 0 Å². The maximum absolute atomic E-state index is 13.1. The molecule has 12 atom stereocenters. The summed E-state index contributed by atoms with van der Waals surface area (Å²) < 4.78 is 37.6. The summed E-state index contributed by atoms with van der Waals surface area (Å²) in [5.41, 5.74) is -1.50. The highest BCUT2D eigenvalue weighted by atomic mass is 16.7. The van der Waals surface area contributed by atoms with Gasteiger partial charge in [-0.15, -0.1) is 0 Å². The van der Waals surface area contributed by atoms with Crippen LogP contribution in [0.5, 0.6) is 0 Å². The molecule has 8 heteroatoms. The van der Waals surface area contributed by atoms with Gasteiger partial charge in [-0.3, -0.25) is 9.59 Å². The minimum atomic E-state index is -0.808. The van der Waals surface area contributed by atoms with Crippen molar-refractivity contribution in [1.29, 1.82) is 0 Å². The molecule has 8 nitrogen and oxygen atoms in total. The van der Waals surface area contributed by atoms with Gasteiger partial charge in [-0.05, 0) is 43.9 Å². The zero-order valence-corrected chi connectivity index (χ0v) is 21.6. The number of epoxide rings is 1. The van der Waals surface area contributed by atoms with Crippen LogP contribution in [0.25, 0.3) is 0 Å². The lowest BCUT2D eigenvalue weighted by molar-refractivity contribution is -0.376. The Morgan fingerprint density at radius 1 is 1.14 bits per heavy atom. The Hall–Kier alpha value is -1.22. The van der Waals surface area contributed by atoms with Crippen LogP contribution in [0.15, 0.2) is 0 Å². The zero-order valence-electron chi connectivity index (χ0n) is 21.6. The van der Waals surface area contributed by atoms with Crippen LogP contribution < -0.4 is 0 Å². The van der Waals surface area contributed by atoms with E-state index < -0.39 is 23.4 Å². The topological polar surface area (TPSA) is 92.8 Å². The first-order valence-electron chi connectivity index (χ1n) is 13.6. The molecule has 7 rings (SSSR count). The van der Waals surface area contributed by atoms with Crippen LogP contribution >= 0.6 is 0 Å². The molecule has 2 spiro atoms. The Morgan fingerprint density at radius 3 is 2.57 bits per heavy atom. The van der Waals surface area contributed by atoms with Crippen molar-refractivity contribution in [3.05, 3.63) is 0 Å². The minimum Gasteiger partial charge on any atom is -0.462 e. The summed E-state index contributed by atoms with van der Waals surface area (Å²) >= 11 is 0. The average Bonchev–Trinajstić information content (AvgIpc) is 3.23. The van der Waals surface area contributed by atoms with Gasteiger partial charge in [0.25, 0.3) is 0 Å². The highest BCUT2D eigenvalue weighted by Crippen LogP contribution is 2.74. The zero-order chi connectivity index (χ0) is 24.8. The molecule has 2 aliphatic carbocycles. The van der Waals surface area contributed by atoms with Crippen molar-refractivity contribution < 1.29 is 38.0 Å². The van der Waals surface area contributed by atoms with Crippen molar-refractivity contribution in [1.82, 2.24) is 0 Å². The summed E-state index contributed by atoms with van der Waals surface area (Å²) in [6.45, 7) is 11.2. The van der Waals surface area contributed by atoms with E-state index in [0.29, 0.717) is 25.4 Å². The van der Waals surface area contributed by atoms with Crippen LogP contribution in [0.2, 0.25) is 0 Å². The first-order chi connectivity index (χ1) is 16.7. The Morgan fingerprint density at radius 2 is 1.91 bits per heavy atom. The van der Waals surface area contributed by atoms with E-state index in [-0.39, 0.29) is 53.6 Å². The monoisotopic (exact) mass is 492 g/mol. The molecular weight excluding hydrogens is 452 g/mol. The lowest BCUT2D eigenvalue weighted by Crippen LogP contribution is -2.77. The molecule has 5 saturated heterocycles. The van der Waals surface area contributed by atoms with Gasteiger partial charge in [0.05, 0.1) is 31.3 Å². The van der Waals surface area contributed by atoms with Crippen molar-refractivity contribution in [2.24, 2.45) is 34.5 Å². The molecule has 5 aliphatic heterocycles. The molecule has 0 aromatic rings. The number of fused-ring (bicyclic) bond motifs is 2. The molecule has 0 radical (unpaired) electrons. The molecule has 0 aromatic carbocycles. The molecule has 1 unspecified atom stereocenters. The number of hydrogen-bond donors (Lipinski definition) is 0. The van der Waals surface area contributed by atoms with Crippen LogP contribution in [-0.4, -0.2) is 61.6 Å². The molecule has 35 heavy (non-hydrogen) atoms. The Bertz CT molecular complexity index is 874. The third-order valence-corrected chi connectivity index (χ3v) is 10.7. The second kappa shape index (κ2) is 8.14. The highest BCUT2D eigenvalue weighted by molar-refractivity contribution is 5.72. The lowest BCUT2D eigenvalue weighted by atomic mass is 9.40. The SMILES string of the molecule is CCC(C)C(=O)O[C@H]1O[C@@H]2C[C@@H]3[C@@](C)([C@@H]4C[C@H]5CCO[C@H]5O4)[C@H](C)C[C@H](OC(C)=O)[C@]13[C@@]1(CO1)C2. The van der Waals surface area contributed by atoms with Crippen LogP contribution in [0.3, 0.4) is 0 Å². The van der Waals surface area contributed by atoms with E-state index in [2.05, 4.69) is 13.8 Å². The lowest BCUT2D eigenvalue weighted by Gasteiger charge is -2.69. The molecule has 2 bridgehead atoms. The smallest absolute Gasteiger partial charge is 0.310 e. The van der Waals surface area contributed by atoms with Gasteiger partial charge in [0.1, 0.15) is 17.1 Å². The quantitative estimate of drug-likeness (QED) is 0.425. The van der Waals surface area contributed by atoms with Gasteiger partial charge in [0, 0.05) is 24.7 Å². The van der Waals surface area contributed by atoms with E-state index in [9.17, 15) is 9.59 Å². The minimum absolute atomic E-state index is 0.0222. The maximum atomic E-state index is 13.1. The Labute approximate surface area is 207 Å². The predicted octanol–water partition coefficient (Wildman–Crippen LogP) is 3.60. The van der Waals surface area contributed by atoms with Crippen molar-refractivity contribution in [2.45, 2.75) is 110 Å². The van der Waals surface area contributed by atoms with Gasteiger partial charge >= 0.3 is 11.9 Å². The van der Waals surface area contributed by atoms with E-state index in [1.807, 2.05) is 13.8 Å². The van der Waals surface area contributed by atoms with Crippen molar-refractivity contribution in [3.8, 4) is 0 Å². The van der Waals surface area contributed by atoms with E-state index in [4.69, 9.17) is 28.4 Å². The fraction of sp³-hybridized carbons (Fsp3) is 0.926. The van der Waals surface area contributed by atoms with E-state index >= 15 is 0 Å². The van der Waals surface area contributed by atoms with E-state index in [0.717, 1.165) is 32.3 Å². The number of hydrogen-bond acceptors (Lipinski definition) is 8. The number of carbonyl (C=O) groups excluding carboxylic acids is 2. The van der Waals surface area contributed by atoms with Crippen molar-refractivity contribution in [3.63, 3.8) is 0 Å². The number of esters is 2.